The molecule has 3 rings (SSSR count). The molecular weight excluding hydrogens is 302 g/mol. The summed E-state index contributed by atoms with van der Waals surface area (Å²) in [4.78, 5) is 26.8. The Morgan fingerprint density at radius 3 is 2.50 bits per heavy atom. The zero-order valence-electron chi connectivity index (χ0n) is 14.9. The number of nitrogens with zero attached hydrogens (tertiary/aromatic N) is 1. The highest BCUT2D eigenvalue weighted by molar-refractivity contribution is 5.82. The molecule has 2 unspecified atom stereocenters. The number of amides is 2. The SMILES string of the molecule is O=C(NCC1CCCN(C(=O)CC2CCCCC2)C1)C1CCCN1. The molecule has 2 saturated heterocycles. The van der Waals surface area contributed by atoms with E-state index in [1.165, 1.54) is 32.1 Å². The summed E-state index contributed by atoms with van der Waals surface area (Å²) < 4.78 is 0. The lowest BCUT2D eigenvalue weighted by Gasteiger charge is -2.34. The van der Waals surface area contributed by atoms with Crippen molar-refractivity contribution in [2.45, 2.75) is 70.3 Å². The van der Waals surface area contributed by atoms with Crippen molar-refractivity contribution < 1.29 is 9.59 Å². The molecule has 2 N–H and O–H groups in total. The van der Waals surface area contributed by atoms with Crippen molar-refractivity contribution >= 4 is 11.8 Å². The van der Waals surface area contributed by atoms with E-state index in [2.05, 4.69) is 15.5 Å². The van der Waals surface area contributed by atoms with Crippen LogP contribution in [0.4, 0.5) is 0 Å². The minimum Gasteiger partial charge on any atom is -0.354 e. The molecule has 2 heterocycles. The summed E-state index contributed by atoms with van der Waals surface area (Å²) in [6.07, 6.45) is 11.3. The van der Waals surface area contributed by atoms with E-state index in [0.717, 1.165) is 51.7 Å². The van der Waals surface area contributed by atoms with Crippen molar-refractivity contribution in [3.05, 3.63) is 0 Å². The molecule has 2 amide bonds. The van der Waals surface area contributed by atoms with Crippen molar-refractivity contribution in [2.24, 2.45) is 11.8 Å². The number of hydrogen-bond acceptors (Lipinski definition) is 3. The third-order valence-electron chi connectivity index (χ3n) is 6.00. The lowest BCUT2D eigenvalue weighted by atomic mass is 9.86. The smallest absolute Gasteiger partial charge is 0.237 e. The predicted molar refractivity (Wildman–Crippen MR) is 94.5 cm³/mol. The number of carbonyl (C=O) groups is 2. The molecule has 5 heteroatoms. The van der Waals surface area contributed by atoms with E-state index >= 15 is 0 Å². The van der Waals surface area contributed by atoms with Gasteiger partial charge in [-0.2, -0.15) is 0 Å². The third-order valence-corrected chi connectivity index (χ3v) is 6.00. The average molecular weight is 335 g/mol. The minimum atomic E-state index is -0.00220. The number of carbonyl (C=O) groups excluding carboxylic acids is 2. The topological polar surface area (TPSA) is 61.4 Å². The molecular formula is C19H33N3O2. The lowest BCUT2D eigenvalue weighted by molar-refractivity contribution is -0.134. The molecule has 5 nitrogen and oxygen atoms in total. The molecule has 3 aliphatic rings. The fourth-order valence-electron chi connectivity index (χ4n) is 4.50. The predicted octanol–water partition coefficient (Wildman–Crippen LogP) is 2.06. The van der Waals surface area contributed by atoms with Gasteiger partial charge in [-0.25, -0.2) is 0 Å². The fourth-order valence-corrected chi connectivity index (χ4v) is 4.50. The second-order valence-electron chi connectivity index (χ2n) is 7.95. The maximum Gasteiger partial charge on any atom is 0.237 e. The molecule has 0 spiro atoms. The van der Waals surface area contributed by atoms with Crippen LogP contribution in [0.5, 0.6) is 0 Å². The zero-order chi connectivity index (χ0) is 16.8. The first-order chi connectivity index (χ1) is 11.7. The summed E-state index contributed by atoms with van der Waals surface area (Å²) in [6.45, 7) is 3.39. The number of nitrogens with one attached hydrogen (secondary N) is 2. The Balaban J connectivity index is 1.40. The van der Waals surface area contributed by atoms with Crippen LogP contribution in [-0.2, 0) is 9.59 Å². The van der Waals surface area contributed by atoms with Gasteiger partial charge in [0, 0.05) is 26.1 Å². The Hall–Kier alpha value is -1.10. The monoisotopic (exact) mass is 335 g/mol. The summed E-state index contributed by atoms with van der Waals surface area (Å²) in [5.41, 5.74) is 0. The molecule has 1 saturated carbocycles. The van der Waals surface area contributed by atoms with Crippen molar-refractivity contribution in [2.75, 3.05) is 26.2 Å². The molecule has 1 aliphatic carbocycles. The Kier molecular flexibility index (Phi) is 6.52. The van der Waals surface area contributed by atoms with Crippen LogP contribution in [0.3, 0.4) is 0 Å². The first kappa shape index (κ1) is 17.7. The van der Waals surface area contributed by atoms with E-state index in [0.29, 0.717) is 24.3 Å². The summed E-state index contributed by atoms with van der Waals surface area (Å²) in [5.74, 6) is 1.51. The highest BCUT2D eigenvalue weighted by atomic mass is 16.2. The van der Waals surface area contributed by atoms with Crippen LogP contribution < -0.4 is 10.6 Å². The normalized spacial score (nSPS) is 28.8. The van der Waals surface area contributed by atoms with Crippen molar-refractivity contribution in [1.29, 1.82) is 0 Å². The number of hydrogen-bond donors (Lipinski definition) is 2. The first-order valence-electron chi connectivity index (χ1n) is 10.0. The Labute approximate surface area is 145 Å². The summed E-state index contributed by atoms with van der Waals surface area (Å²) in [6, 6.07) is -0.00220. The summed E-state index contributed by atoms with van der Waals surface area (Å²) in [5, 5.41) is 6.34. The highest BCUT2D eigenvalue weighted by Crippen LogP contribution is 2.27. The van der Waals surface area contributed by atoms with Crippen LogP contribution in [0.15, 0.2) is 0 Å². The van der Waals surface area contributed by atoms with Gasteiger partial charge in [-0.15, -0.1) is 0 Å². The van der Waals surface area contributed by atoms with E-state index < -0.39 is 0 Å². The van der Waals surface area contributed by atoms with Gasteiger partial charge in [-0.1, -0.05) is 19.3 Å². The largest absolute Gasteiger partial charge is 0.354 e. The first-order valence-corrected chi connectivity index (χ1v) is 10.0. The number of rotatable bonds is 5. The molecule has 0 aromatic heterocycles. The molecule has 0 radical (unpaired) electrons. The second kappa shape index (κ2) is 8.84. The van der Waals surface area contributed by atoms with Gasteiger partial charge in [0.2, 0.25) is 11.8 Å². The van der Waals surface area contributed by atoms with Crippen LogP contribution in [0, 0.1) is 11.8 Å². The molecule has 2 atom stereocenters. The molecule has 24 heavy (non-hydrogen) atoms. The Bertz CT molecular complexity index is 428. The quantitative estimate of drug-likeness (QED) is 0.808. The summed E-state index contributed by atoms with van der Waals surface area (Å²) in [7, 11) is 0. The highest BCUT2D eigenvalue weighted by Gasteiger charge is 2.27. The van der Waals surface area contributed by atoms with E-state index in [1.54, 1.807) is 0 Å². The van der Waals surface area contributed by atoms with Gasteiger partial charge in [0.1, 0.15) is 0 Å². The Morgan fingerprint density at radius 1 is 0.958 bits per heavy atom. The molecule has 136 valence electrons. The van der Waals surface area contributed by atoms with E-state index in [-0.39, 0.29) is 11.9 Å². The van der Waals surface area contributed by atoms with Crippen LogP contribution in [-0.4, -0.2) is 48.9 Å². The van der Waals surface area contributed by atoms with Gasteiger partial charge in [0.25, 0.3) is 0 Å². The van der Waals surface area contributed by atoms with Gasteiger partial charge in [0.05, 0.1) is 6.04 Å². The van der Waals surface area contributed by atoms with Gasteiger partial charge >= 0.3 is 0 Å². The molecule has 2 aliphatic heterocycles. The van der Waals surface area contributed by atoms with E-state index in [1.807, 2.05) is 0 Å². The Morgan fingerprint density at radius 2 is 1.75 bits per heavy atom. The van der Waals surface area contributed by atoms with E-state index in [9.17, 15) is 9.59 Å². The average Bonchev–Trinajstić information content (AvgIpc) is 3.15. The maximum absolute atomic E-state index is 12.6. The van der Waals surface area contributed by atoms with Crippen molar-refractivity contribution in [3.8, 4) is 0 Å². The van der Waals surface area contributed by atoms with Crippen molar-refractivity contribution in [3.63, 3.8) is 0 Å². The zero-order valence-corrected chi connectivity index (χ0v) is 14.9. The van der Waals surface area contributed by atoms with Crippen LogP contribution >= 0.6 is 0 Å². The standard InChI is InChI=1S/C19H33N3O2/c23-18(12-15-6-2-1-3-7-15)22-11-5-8-16(14-22)13-21-19(24)17-9-4-10-20-17/h15-17,20H,1-14H2,(H,21,24). The van der Waals surface area contributed by atoms with Crippen LogP contribution in [0.25, 0.3) is 0 Å². The fraction of sp³-hybridized carbons (Fsp3) is 0.895. The van der Waals surface area contributed by atoms with Crippen LogP contribution in [0.1, 0.15) is 64.2 Å². The molecule has 0 aromatic carbocycles. The maximum atomic E-state index is 12.6. The van der Waals surface area contributed by atoms with Gasteiger partial charge in [-0.3, -0.25) is 9.59 Å². The lowest BCUT2D eigenvalue weighted by Crippen LogP contribution is -2.47. The molecule has 3 fully saturated rings. The molecule has 0 aromatic rings. The van der Waals surface area contributed by atoms with Crippen LogP contribution in [0.2, 0.25) is 0 Å². The van der Waals surface area contributed by atoms with Gasteiger partial charge in [-0.05, 0) is 56.9 Å². The second-order valence-corrected chi connectivity index (χ2v) is 7.95. The van der Waals surface area contributed by atoms with E-state index in [4.69, 9.17) is 0 Å². The number of piperidine rings is 1. The van der Waals surface area contributed by atoms with Gasteiger partial charge in [0.15, 0.2) is 0 Å². The minimum absolute atomic E-state index is 0.00220. The third kappa shape index (κ3) is 4.95. The molecule has 0 bridgehead atoms. The number of likely N-dealkylation sites (tertiary alicyclic amines) is 1. The summed E-state index contributed by atoms with van der Waals surface area (Å²) >= 11 is 0. The van der Waals surface area contributed by atoms with Gasteiger partial charge < -0.3 is 15.5 Å². The van der Waals surface area contributed by atoms with Crippen molar-refractivity contribution in [1.82, 2.24) is 15.5 Å².